The molecule has 0 amide bonds. The molecule has 0 aliphatic heterocycles. The molecule has 0 saturated heterocycles. The van der Waals surface area contributed by atoms with Gasteiger partial charge in [0.25, 0.3) is 0 Å². The van der Waals surface area contributed by atoms with Crippen molar-refractivity contribution in [3.63, 3.8) is 0 Å². The third kappa shape index (κ3) is 2.36. The van der Waals surface area contributed by atoms with Gasteiger partial charge in [0.05, 0.1) is 11.4 Å². The summed E-state index contributed by atoms with van der Waals surface area (Å²) in [5.41, 5.74) is 9.01. The van der Waals surface area contributed by atoms with Crippen LogP contribution in [0, 0.1) is 6.92 Å². The van der Waals surface area contributed by atoms with Gasteiger partial charge in [-0.15, -0.1) is 0 Å². The summed E-state index contributed by atoms with van der Waals surface area (Å²) in [6.45, 7) is 8.36. The molecule has 1 aromatic carbocycles. The lowest BCUT2D eigenvalue weighted by molar-refractivity contribution is 0.560. The van der Waals surface area contributed by atoms with E-state index >= 15 is 0 Å². The van der Waals surface area contributed by atoms with Crippen molar-refractivity contribution in [1.29, 1.82) is 0 Å². The van der Waals surface area contributed by atoms with Crippen LogP contribution < -0.4 is 5.73 Å². The molecular formula is C14H18ClN3. The molecule has 0 fully saturated rings. The van der Waals surface area contributed by atoms with E-state index in [1.807, 2.05) is 31.2 Å². The molecule has 2 rings (SSSR count). The van der Waals surface area contributed by atoms with Gasteiger partial charge in [0.1, 0.15) is 5.82 Å². The first-order chi connectivity index (χ1) is 8.29. The molecule has 0 bridgehead atoms. The Labute approximate surface area is 113 Å². The predicted octanol–water partition coefficient (Wildman–Crippen LogP) is 3.71. The van der Waals surface area contributed by atoms with Gasteiger partial charge in [0.15, 0.2) is 0 Å². The van der Waals surface area contributed by atoms with E-state index in [-0.39, 0.29) is 5.41 Å². The summed E-state index contributed by atoms with van der Waals surface area (Å²) in [6.07, 6.45) is 0. The second-order valence-corrected chi connectivity index (χ2v) is 5.98. The molecule has 2 aromatic rings. The lowest BCUT2D eigenvalue weighted by Gasteiger charge is -2.14. The number of aromatic nitrogens is 2. The number of aryl methyl sites for hydroxylation is 1. The lowest BCUT2D eigenvalue weighted by atomic mass is 9.92. The number of nitrogens with two attached hydrogens (primary N) is 1. The summed E-state index contributed by atoms with van der Waals surface area (Å²) in [6, 6.07) is 7.63. The fourth-order valence-corrected chi connectivity index (χ4v) is 1.93. The Morgan fingerprint density at radius 3 is 2.44 bits per heavy atom. The Morgan fingerprint density at radius 1 is 1.22 bits per heavy atom. The van der Waals surface area contributed by atoms with Crippen LogP contribution in [0.5, 0.6) is 0 Å². The summed E-state index contributed by atoms with van der Waals surface area (Å²) in [4.78, 5) is 0. The number of hydrogen-bond acceptors (Lipinski definition) is 2. The standard InChI is InChI=1S/C14H18ClN3/c1-9-5-6-10(15)7-11(9)18-13(16)8-12(17-18)14(2,3)4/h5-8H,16H2,1-4H3. The van der Waals surface area contributed by atoms with Crippen LogP contribution in [0.1, 0.15) is 32.0 Å². The average Bonchev–Trinajstić information content (AvgIpc) is 2.64. The maximum absolute atomic E-state index is 6.05. The van der Waals surface area contributed by atoms with E-state index in [0.717, 1.165) is 16.9 Å². The largest absolute Gasteiger partial charge is 0.384 e. The van der Waals surface area contributed by atoms with Crippen molar-refractivity contribution in [3.8, 4) is 5.69 Å². The normalized spacial score (nSPS) is 11.8. The quantitative estimate of drug-likeness (QED) is 0.852. The summed E-state index contributed by atoms with van der Waals surface area (Å²) >= 11 is 6.03. The molecule has 1 aromatic heterocycles. The number of nitrogens with zero attached hydrogens (tertiary/aromatic N) is 2. The van der Waals surface area contributed by atoms with Crippen LogP contribution >= 0.6 is 11.6 Å². The number of anilines is 1. The molecular weight excluding hydrogens is 246 g/mol. The van der Waals surface area contributed by atoms with E-state index in [2.05, 4.69) is 25.9 Å². The van der Waals surface area contributed by atoms with Crippen LogP contribution in [-0.4, -0.2) is 9.78 Å². The summed E-state index contributed by atoms with van der Waals surface area (Å²) in [5, 5.41) is 5.27. The smallest absolute Gasteiger partial charge is 0.127 e. The Kier molecular flexibility index (Phi) is 3.11. The number of halogens is 1. The van der Waals surface area contributed by atoms with Crippen molar-refractivity contribution in [1.82, 2.24) is 9.78 Å². The van der Waals surface area contributed by atoms with Crippen molar-refractivity contribution in [2.75, 3.05) is 5.73 Å². The SMILES string of the molecule is Cc1ccc(Cl)cc1-n1nc(C(C)(C)C)cc1N. The molecule has 0 aliphatic carbocycles. The van der Waals surface area contributed by atoms with Crippen molar-refractivity contribution in [3.05, 3.63) is 40.5 Å². The molecule has 0 unspecified atom stereocenters. The molecule has 0 radical (unpaired) electrons. The van der Waals surface area contributed by atoms with Crippen molar-refractivity contribution in [2.24, 2.45) is 0 Å². The van der Waals surface area contributed by atoms with E-state index in [0.29, 0.717) is 10.8 Å². The predicted molar refractivity (Wildman–Crippen MR) is 76.4 cm³/mol. The Morgan fingerprint density at radius 2 is 1.89 bits per heavy atom. The first kappa shape index (κ1) is 13.0. The third-order valence-electron chi connectivity index (χ3n) is 2.90. The Hall–Kier alpha value is -1.48. The maximum atomic E-state index is 6.05. The van der Waals surface area contributed by atoms with E-state index in [9.17, 15) is 0 Å². The maximum Gasteiger partial charge on any atom is 0.127 e. The van der Waals surface area contributed by atoms with Gasteiger partial charge in [0, 0.05) is 16.5 Å². The number of rotatable bonds is 1. The summed E-state index contributed by atoms with van der Waals surface area (Å²) < 4.78 is 1.75. The Balaban J connectivity index is 2.58. The van der Waals surface area contributed by atoms with Crippen LogP contribution in [0.15, 0.2) is 24.3 Å². The Bertz CT molecular complexity index is 579. The van der Waals surface area contributed by atoms with Crippen molar-refractivity contribution in [2.45, 2.75) is 33.1 Å². The highest BCUT2D eigenvalue weighted by atomic mass is 35.5. The second kappa shape index (κ2) is 4.32. The zero-order chi connectivity index (χ0) is 13.5. The number of benzene rings is 1. The van der Waals surface area contributed by atoms with E-state index in [4.69, 9.17) is 17.3 Å². The zero-order valence-electron chi connectivity index (χ0n) is 11.2. The van der Waals surface area contributed by atoms with Gasteiger partial charge in [-0.25, -0.2) is 4.68 Å². The highest BCUT2D eigenvalue weighted by molar-refractivity contribution is 6.30. The van der Waals surface area contributed by atoms with E-state index < -0.39 is 0 Å². The number of nitrogen functional groups attached to an aromatic ring is 1. The van der Waals surface area contributed by atoms with Crippen LogP contribution in [0.4, 0.5) is 5.82 Å². The highest BCUT2D eigenvalue weighted by Crippen LogP contribution is 2.27. The monoisotopic (exact) mass is 263 g/mol. The molecule has 18 heavy (non-hydrogen) atoms. The minimum absolute atomic E-state index is 0.0220. The van der Waals surface area contributed by atoms with E-state index in [1.54, 1.807) is 4.68 Å². The van der Waals surface area contributed by atoms with Crippen LogP contribution in [0.3, 0.4) is 0 Å². The molecule has 1 heterocycles. The van der Waals surface area contributed by atoms with Gasteiger partial charge in [-0.05, 0) is 24.6 Å². The van der Waals surface area contributed by atoms with Crippen molar-refractivity contribution >= 4 is 17.4 Å². The molecule has 96 valence electrons. The van der Waals surface area contributed by atoms with Gasteiger partial charge in [-0.3, -0.25) is 0 Å². The van der Waals surface area contributed by atoms with Crippen LogP contribution in [-0.2, 0) is 5.41 Å². The minimum atomic E-state index is -0.0220. The van der Waals surface area contributed by atoms with Gasteiger partial charge in [0.2, 0.25) is 0 Å². The summed E-state index contributed by atoms with van der Waals surface area (Å²) in [5.74, 6) is 0.630. The molecule has 4 heteroatoms. The minimum Gasteiger partial charge on any atom is -0.384 e. The molecule has 0 spiro atoms. The van der Waals surface area contributed by atoms with Crippen LogP contribution in [0.2, 0.25) is 5.02 Å². The van der Waals surface area contributed by atoms with Gasteiger partial charge in [-0.1, -0.05) is 38.4 Å². The summed E-state index contributed by atoms with van der Waals surface area (Å²) in [7, 11) is 0. The van der Waals surface area contributed by atoms with Crippen molar-refractivity contribution < 1.29 is 0 Å². The average molecular weight is 264 g/mol. The van der Waals surface area contributed by atoms with Gasteiger partial charge < -0.3 is 5.73 Å². The molecule has 2 N–H and O–H groups in total. The first-order valence-corrected chi connectivity index (χ1v) is 6.29. The fraction of sp³-hybridized carbons (Fsp3) is 0.357. The second-order valence-electron chi connectivity index (χ2n) is 5.55. The first-order valence-electron chi connectivity index (χ1n) is 5.91. The lowest BCUT2D eigenvalue weighted by Crippen LogP contribution is -2.12. The van der Waals surface area contributed by atoms with Gasteiger partial charge >= 0.3 is 0 Å². The topological polar surface area (TPSA) is 43.8 Å². The van der Waals surface area contributed by atoms with E-state index in [1.165, 1.54) is 0 Å². The molecule has 0 aliphatic rings. The number of hydrogen-bond donors (Lipinski definition) is 1. The third-order valence-corrected chi connectivity index (χ3v) is 3.14. The molecule has 3 nitrogen and oxygen atoms in total. The highest BCUT2D eigenvalue weighted by Gasteiger charge is 2.20. The fourth-order valence-electron chi connectivity index (χ4n) is 1.77. The zero-order valence-corrected chi connectivity index (χ0v) is 11.9. The van der Waals surface area contributed by atoms with Gasteiger partial charge in [-0.2, -0.15) is 5.10 Å². The molecule has 0 saturated carbocycles. The van der Waals surface area contributed by atoms with Crippen LogP contribution in [0.25, 0.3) is 5.69 Å². The molecule has 0 atom stereocenters.